The second-order valence-electron chi connectivity index (χ2n) is 5.87. The molecule has 2 saturated heterocycles. The molecule has 0 unspecified atom stereocenters. The van der Waals surface area contributed by atoms with E-state index in [9.17, 15) is 13.6 Å². The van der Waals surface area contributed by atoms with Crippen LogP contribution in [0.3, 0.4) is 0 Å². The van der Waals surface area contributed by atoms with E-state index < -0.39 is 11.6 Å². The lowest BCUT2D eigenvalue weighted by Gasteiger charge is -2.33. The van der Waals surface area contributed by atoms with E-state index in [0.29, 0.717) is 25.9 Å². The van der Waals surface area contributed by atoms with Gasteiger partial charge >= 0.3 is 0 Å². The summed E-state index contributed by atoms with van der Waals surface area (Å²) in [6, 6.07) is 3.26. The Labute approximate surface area is 128 Å². The van der Waals surface area contributed by atoms with E-state index >= 15 is 0 Å². The molecule has 1 aromatic rings. The van der Waals surface area contributed by atoms with Crippen LogP contribution in [0.2, 0.25) is 0 Å². The minimum atomic E-state index is -0.686. The van der Waals surface area contributed by atoms with Crippen LogP contribution in [0.25, 0.3) is 0 Å². The van der Waals surface area contributed by atoms with Gasteiger partial charge in [-0.05, 0) is 31.5 Å². The number of carbonyl (C=O) groups is 1. The Balaban J connectivity index is 1.52. The van der Waals surface area contributed by atoms with Crippen LogP contribution in [0.15, 0.2) is 18.2 Å². The summed E-state index contributed by atoms with van der Waals surface area (Å²) in [7, 11) is 0. The molecule has 0 spiro atoms. The maximum Gasteiger partial charge on any atom is 0.239 e. The van der Waals surface area contributed by atoms with Crippen molar-refractivity contribution in [2.45, 2.75) is 37.8 Å². The molecule has 0 radical (unpaired) electrons. The summed E-state index contributed by atoms with van der Waals surface area (Å²) >= 11 is 0. The molecule has 0 aromatic heterocycles. The predicted molar refractivity (Wildman–Crippen MR) is 77.6 cm³/mol. The fraction of sp³-hybridized carbons (Fsp3) is 0.562. The van der Waals surface area contributed by atoms with Crippen molar-refractivity contribution in [3.05, 3.63) is 29.8 Å². The molecule has 6 heteroatoms. The van der Waals surface area contributed by atoms with Crippen molar-refractivity contribution in [2.75, 3.05) is 19.6 Å². The second kappa shape index (κ2) is 6.60. The molecule has 120 valence electrons. The van der Waals surface area contributed by atoms with Crippen LogP contribution in [0.5, 0.6) is 5.75 Å². The number of rotatable bonds is 3. The number of benzene rings is 1. The number of hydrogen-bond acceptors (Lipinski definition) is 3. The van der Waals surface area contributed by atoms with Gasteiger partial charge in [-0.25, -0.2) is 8.78 Å². The minimum absolute atomic E-state index is 0.0491. The number of nitrogens with one attached hydrogen (secondary N) is 1. The molecular weight excluding hydrogens is 290 g/mol. The molecule has 0 saturated carbocycles. The highest BCUT2D eigenvalue weighted by Crippen LogP contribution is 2.23. The summed E-state index contributed by atoms with van der Waals surface area (Å²) in [5.41, 5.74) is 0. The van der Waals surface area contributed by atoms with Crippen LogP contribution in [0, 0.1) is 11.6 Å². The van der Waals surface area contributed by atoms with Gasteiger partial charge in [0, 0.05) is 32.0 Å². The third-order valence-corrected chi connectivity index (χ3v) is 4.30. The molecule has 1 aromatic carbocycles. The van der Waals surface area contributed by atoms with Gasteiger partial charge in [0.25, 0.3) is 0 Å². The first-order chi connectivity index (χ1) is 10.6. The average Bonchev–Trinajstić information content (AvgIpc) is 3.04. The average molecular weight is 310 g/mol. The summed E-state index contributed by atoms with van der Waals surface area (Å²) in [5, 5.41) is 3.21. The highest BCUT2D eigenvalue weighted by molar-refractivity contribution is 5.82. The van der Waals surface area contributed by atoms with E-state index in [1.54, 1.807) is 0 Å². The minimum Gasteiger partial charge on any atom is -0.487 e. The van der Waals surface area contributed by atoms with E-state index in [0.717, 1.165) is 25.5 Å². The molecule has 0 aliphatic carbocycles. The smallest absolute Gasteiger partial charge is 0.239 e. The van der Waals surface area contributed by atoms with E-state index in [-0.39, 0.29) is 23.8 Å². The van der Waals surface area contributed by atoms with Gasteiger partial charge in [0.15, 0.2) is 11.6 Å². The van der Waals surface area contributed by atoms with Crippen molar-refractivity contribution in [1.82, 2.24) is 10.2 Å². The molecule has 3 rings (SSSR count). The summed E-state index contributed by atoms with van der Waals surface area (Å²) in [6.07, 6.45) is 3.13. The Morgan fingerprint density at radius 2 is 2.00 bits per heavy atom. The zero-order valence-electron chi connectivity index (χ0n) is 12.4. The first kappa shape index (κ1) is 15.2. The lowest BCUT2D eigenvalue weighted by Crippen LogP contribution is -2.48. The highest BCUT2D eigenvalue weighted by Gasteiger charge is 2.30. The van der Waals surface area contributed by atoms with E-state index in [4.69, 9.17) is 4.74 Å². The number of nitrogens with zero attached hydrogens (tertiary/aromatic N) is 1. The normalized spacial score (nSPS) is 22.8. The fourth-order valence-corrected chi connectivity index (χ4v) is 3.06. The van der Waals surface area contributed by atoms with Crippen LogP contribution in [0.1, 0.15) is 25.7 Å². The Morgan fingerprint density at radius 3 is 2.64 bits per heavy atom. The van der Waals surface area contributed by atoms with Gasteiger partial charge in [-0.15, -0.1) is 0 Å². The van der Waals surface area contributed by atoms with E-state index in [2.05, 4.69) is 5.32 Å². The lowest BCUT2D eigenvalue weighted by molar-refractivity contribution is -0.134. The maximum absolute atomic E-state index is 13.6. The monoisotopic (exact) mass is 310 g/mol. The summed E-state index contributed by atoms with van der Waals surface area (Å²) in [6.45, 7) is 2.13. The van der Waals surface area contributed by atoms with Crippen molar-refractivity contribution < 1.29 is 18.3 Å². The third kappa shape index (κ3) is 3.38. The van der Waals surface area contributed by atoms with Gasteiger partial charge in [-0.2, -0.15) is 0 Å². The summed E-state index contributed by atoms with van der Waals surface area (Å²) in [5.74, 6) is -1.07. The van der Waals surface area contributed by atoms with Gasteiger partial charge in [0.1, 0.15) is 11.9 Å². The quantitative estimate of drug-likeness (QED) is 0.929. The second-order valence-corrected chi connectivity index (χ2v) is 5.87. The first-order valence-electron chi connectivity index (χ1n) is 7.77. The van der Waals surface area contributed by atoms with Crippen molar-refractivity contribution in [3.63, 3.8) is 0 Å². The third-order valence-electron chi connectivity index (χ3n) is 4.30. The molecule has 1 N–H and O–H groups in total. The molecule has 2 aliphatic rings. The van der Waals surface area contributed by atoms with Gasteiger partial charge < -0.3 is 15.0 Å². The number of likely N-dealkylation sites (tertiary alicyclic amines) is 1. The van der Waals surface area contributed by atoms with Crippen LogP contribution >= 0.6 is 0 Å². The molecule has 22 heavy (non-hydrogen) atoms. The largest absolute Gasteiger partial charge is 0.487 e. The molecule has 2 fully saturated rings. The van der Waals surface area contributed by atoms with Crippen molar-refractivity contribution >= 4 is 5.91 Å². The molecule has 1 atom stereocenters. The van der Waals surface area contributed by atoms with Gasteiger partial charge in [-0.1, -0.05) is 0 Å². The standard InChI is InChI=1S/C16H20F2N2O2/c17-11-3-4-15(13(18)10-11)22-12-5-8-20(9-6-12)16(21)14-2-1-7-19-14/h3-4,10,12,14,19H,1-2,5-9H2/t14-/m0/s1. The fourth-order valence-electron chi connectivity index (χ4n) is 3.06. The lowest BCUT2D eigenvalue weighted by atomic mass is 10.1. The SMILES string of the molecule is O=C([C@@H]1CCCN1)N1CCC(Oc2ccc(F)cc2F)CC1. The van der Waals surface area contributed by atoms with Crippen molar-refractivity contribution in [2.24, 2.45) is 0 Å². The Morgan fingerprint density at radius 1 is 1.23 bits per heavy atom. The zero-order chi connectivity index (χ0) is 15.5. The number of halogens is 2. The predicted octanol–water partition coefficient (Wildman–Crippen LogP) is 2.09. The van der Waals surface area contributed by atoms with E-state index in [1.165, 1.54) is 12.1 Å². The van der Waals surface area contributed by atoms with Crippen LogP contribution in [-0.2, 0) is 4.79 Å². The highest BCUT2D eigenvalue weighted by atomic mass is 19.1. The van der Waals surface area contributed by atoms with Crippen molar-refractivity contribution in [3.8, 4) is 5.75 Å². The van der Waals surface area contributed by atoms with Gasteiger partial charge in [0.2, 0.25) is 5.91 Å². The molecule has 0 bridgehead atoms. The molecular formula is C16H20F2N2O2. The Bertz CT molecular complexity index is 539. The Kier molecular flexibility index (Phi) is 4.57. The number of amides is 1. The first-order valence-corrected chi connectivity index (χ1v) is 7.77. The molecule has 1 amide bonds. The molecule has 2 heterocycles. The van der Waals surface area contributed by atoms with Crippen LogP contribution < -0.4 is 10.1 Å². The number of ether oxygens (including phenoxy) is 1. The Hall–Kier alpha value is -1.69. The van der Waals surface area contributed by atoms with E-state index in [1.807, 2.05) is 4.90 Å². The number of carbonyl (C=O) groups excluding carboxylic acids is 1. The van der Waals surface area contributed by atoms with Crippen LogP contribution in [-0.4, -0.2) is 42.6 Å². The maximum atomic E-state index is 13.6. The summed E-state index contributed by atoms with van der Waals surface area (Å²) < 4.78 is 32.0. The van der Waals surface area contributed by atoms with Crippen molar-refractivity contribution in [1.29, 1.82) is 0 Å². The zero-order valence-corrected chi connectivity index (χ0v) is 12.4. The van der Waals surface area contributed by atoms with Gasteiger partial charge in [0.05, 0.1) is 6.04 Å². The van der Waals surface area contributed by atoms with Gasteiger partial charge in [-0.3, -0.25) is 4.79 Å². The number of piperidine rings is 1. The molecule has 4 nitrogen and oxygen atoms in total. The number of hydrogen-bond donors (Lipinski definition) is 1. The molecule has 2 aliphatic heterocycles. The summed E-state index contributed by atoms with van der Waals surface area (Å²) in [4.78, 5) is 14.1. The topological polar surface area (TPSA) is 41.6 Å². The van der Waals surface area contributed by atoms with Crippen LogP contribution in [0.4, 0.5) is 8.78 Å².